The SMILES string of the molecule is N#Cc1ccc2c(c1)c1cc(C#N)ccc1n2-c1cnc2c(c1)C1(c3cc(-n4c5ccccc5c5ccccc54)cnc3-2)c2cccc(N3c4ccccc4Oc4ccccc43)c2Oc2c(-n3c4ccccc4c4ccccc43)cccc21. The molecule has 1 unspecified atom stereocenters. The van der Waals surface area contributed by atoms with Crippen LogP contribution in [0.2, 0.25) is 0 Å². The fourth-order valence-electron chi connectivity index (χ4n) is 14.1. The molecule has 0 amide bonds. The quantitative estimate of drug-likeness (QED) is 0.173. The normalized spacial score (nSPS) is 14.5. The molecule has 3 aliphatic rings. The molecule has 7 heterocycles. The highest BCUT2D eigenvalue weighted by molar-refractivity contribution is 6.12. The van der Waals surface area contributed by atoms with Crippen LogP contribution in [-0.4, -0.2) is 23.7 Å². The molecule has 10 heteroatoms. The number of nitrogens with zero attached hydrogens (tertiary/aromatic N) is 8. The molecule has 384 valence electrons. The third kappa shape index (κ3) is 5.97. The number of para-hydroxylation sites is 10. The number of hydrogen-bond acceptors (Lipinski definition) is 7. The topological polar surface area (TPSA) is 110 Å². The summed E-state index contributed by atoms with van der Waals surface area (Å²) in [6.07, 6.45) is 3.93. The largest absolute Gasteiger partial charge is 0.453 e. The van der Waals surface area contributed by atoms with Gasteiger partial charge in [-0.15, -0.1) is 0 Å². The van der Waals surface area contributed by atoms with Crippen LogP contribution in [-0.2, 0) is 5.41 Å². The predicted molar refractivity (Wildman–Crippen MR) is 327 cm³/mol. The van der Waals surface area contributed by atoms with E-state index in [1.165, 1.54) is 0 Å². The fourth-order valence-corrected chi connectivity index (χ4v) is 14.1. The van der Waals surface area contributed by atoms with Crippen LogP contribution >= 0.6 is 0 Å². The van der Waals surface area contributed by atoms with Crippen LogP contribution in [0.4, 0.5) is 17.1 Å². The highest BCUT2D eigenvalue weighted by atomic mass is 16.5. The van der Waals surface area contributed by atoms with Gasteiger partial charge in [-0.2, -0.15) is 10.5 Å². The van der Waals surface area contributed by atoms with Crippen LogP contribution in [0.15, 0.2) is 243 Å². The van der Waals surface area contributed by atoms with Crippen molar-refractivity contribution in [1.82, 2.24) is 23.7 Å². The lowest BCUT2D eigenvalue weighted by Gasteiger charge is -2.42. The lowest BCUT2D eigenvalue weighted by atomic mass is 9.66. The van der Waals surface area contributed by atoms with Gasteiger partial charge in [0.2, 0.25) is 0 Å². The Morgan fingerprint density at radius 3 is 1.22 bits per heavy atom. The van der Waals surface area contributed by atoms with Crippen LogP contribution in [0.5, 0.6) is 23.0 Å². The minimum absolute atomic E-state index is 0.529. The molecule has 0 N–H and O–H groups in total. The van der Waals surface area contributed by atoms with Crippen LogP contribution in [0, 0.1) is 22.7 Å². The van der Waals surface area contributed by atoms with Crippen molar-refractivity contribution < 1.29 is 9.47 Å². The molecule has 18 rings (SSSR count). The maximum Gasteiger partial charge on any atom is 0.156 e. The molecule has 2 aliphatic heterocycles. The maximum atomic E-state index is 10.2. The molecule has 10 aromatic carbocycles. The Bertz CT molecular complexity index is 5260. The molecule has 15 aromatic rings. The van der Waals surface area contributed by atoms with Gasteiger partial charge < -0.3 is 23.2 Å². The van der Waals surface area contributed by atoms with Crippen molar-refractivity contribution in [2.75, 3.05) is 4.90 Å². The molecule has 5 aromatic heterocycles. The zero-order chi connectivity index (χ0) is 54.7. The number of anilines is 3. The molecule has 0 bridgehead atoms. The summed E-state index contributed by atoms with van der Waals surface area (Å²) in [5, 5.41) is 26.7. The summed E-state index contributed by atoms with van der Waals surface area (Å²) < 4.78 is 21.5. The van der Waals surface area contributed by atoms with E-state index < -0.39 is 5.41 Å². The van der Waals surface area contributed by atoms with Crippen molar-refractivity contribution in [3.8, 4) is 63.6 Å². The molecule has 1 spiro atoms. The zero-order valence-corrected chi connectivity index (χ0v) is 44.0. The highest BCUT2D eigenvalue weighted by Gasteiger charge is 2.54. The minimum atomic E-state index is -1.16. The molecular formula is C73H40N8O2. The first kappa shape index (κ1) is 45.2. The summed E-state index contributed by atoms with van der Waals surface area (Å²) in [5.41, 5.74) is 16.2. The Labute approximate surface area is 474 Å². The number of rotatable bonds is 4. The van der Waals surface area contributed by atoms with Crippen LogP contribution < -0.4 is 14.4 Å². The zero-order valence-electron chi connectivity index (χ0n) is 44.0. The molecule has 0 saturated carbocycles. The Balaban J connectivity index is 1.01. The Morgan fingerprint density at radius 1 is 0.337 bits per heavy atom. The van der Waals surface area contributed by atoms with Crippen molar-refractivity contribution >= 4 is 82.5 Å². The summed E-state index contributed by atoms with van der Waals surface area (Å²) in [7, 11) is 0. The second kappa shape index (κ2) is 16.7. The van der Waals surface area contributed by atoms with E-state index in [0.29, 0.717) is 22.6 Å². The molecule has 83 heavy (non-hydrogen) atoms. The number of benzene rings is 10. The Kier molecular flexibility index (Phi) is 9.07. The van der Waals surface area contributed by atoms with Gasteiger partial charge in [0.25, 0.3) is 0 Å². The van der Waals surface area contributed by atoms with Gasteiger partial charge in [0, 0.05) is 54.6 Å². The van der Waals surface area contributed by atoms with E-state index >= 15 is 0 Å². The smallest absolute Gasteiger partial charge is 0.156 e. The van der Waals surface area contributed by atoms with Crippen LogP contribution in [0.3, 0.4) is 0 Å². The van der Waals surface area contributed by atoms with Gasteiger partial charge in [-0.3, -0.25) is 14.9 Å². The molecule has 0 radical (unpaired) electrons. The van der Waals surface area contributed by atoms with E-state index in [2.05, 4.69) is 188 Å². The van der Waals surface area contributed by atoms with Gasteiger partial charge in [-0.25, -0.2) is 0 Å². The molecule has 0 fully saturated rings. The predicted octanol–water partition coefficient (Wildman–Crippen LogP) is 17.6. The molecule has 1 atom stereocenters. The van der Waals surface area contributed by atoms with Gasteiger partial charge in [0.05, 0.1) is 120 Å². The summed E-state index contributed by atoms with van der Waals surface area (Å²) in [5.74, 6) is 2.79. The van der Waals surface area contributed by atoms with Crippen molar-refractivity contribution in [2.24, 2.45) is 0 Å². The third-order valence-corrected chi connectivity index (χ3v) is 17.4. The fraction of sp³-hybridized carbons (Fsp3) is 0.0137. The maximum absolute atomic E-state index is 10.2. The summed E-state index contributed by atoms with van der Waals surface area (Å²) in [4.78, 5) is 13.5. The number of pyridine rings is 2. The average molecular weight is 1060 g/mol. The number of nitriles is 2. The molecule has 10 nitrogen and oxygen atoms in total. The van der Waals surface area contributed by atoms with E-state index in [-0.39, 0.29) is 0 Å². The van der Waals surface area contributed by atoms with Crippen molar-refractivity contribution in [3.05, 3.63) is 276 Å². The van der Waals surface area contributed by atoms with E-state index in [4.69, 9.17) is 19.4 Å². The lowest BCUT2D eigenvalue weighted by Crippen LogP contribution is -2.33. The van der Waals surface area contributed by atoms with Crippen molar-refractivity contribution in [3.63, 3.8) is 0 Å². The number of hydrogen-bond donors (Lipinski definition) is 0. The van der Waals surface area contributed by atoms with Crippen LogP contribution in [0.1, 0.15) is 33.4 Å². The second-order valence-electron chi connectivity index (χ2n) is 21.5. The average Bonchev–Trinajstić information content (AvgIpc) is 1.82. The standard InChI is InChI=1S/C73H40N8O2/c74-39-43-31-33-61-51(35-43)52-36-44(40-75)32-34-62(52)79(61)46-38-56-70(77-42-46)69-55(37-45(41-76-69)78-57-21-5-1-15-47(57)48-16-2-6-22-58(48)78)73(56)53-19-13-27-65(80-59-23-7-3-17-49(59)50-18-4-8-24-60(50)80)71(53)83-72-54(73)20-14-28-66(72)81-63-25-9-11-29-67(63)82-68-30-12-10-26-64(68)81/h1-38,41-42H. The van der Waals surface area contributed by atoms with Gasteiger partial charge in [0.1, 0.15) is 0 Å². The van der Waals surface area contributed by atoms with Crippen molar-refractivity contribution in [2.45, 2.75) is 5.41 Å². The minimum Gasteiger partial charge on any atom is -0.453 e. The number of ether oxygens (including phenoxy) is 2. The first-order chi connectivity index (χ1) is 41.1. The Morgan fingerprint density at radius 2 is 0.735 bits per heavy atom. The highest BCUT2D eigenvalue weighted by Crippen LogP contribution is 2.66. The summed E-state index contributed by atoms with van der Waals surface area (Å²) in [6, 6.07) is 84.7. The third-order valence-electron chi connectivity index (χ3n) is 17.4. The van der Waals surface area contributed by atoms with Gasteiger partial charge in [0.15, 0.2) is 23.0 Å². The summed E-state index contributed by atoms with van der Waals surface area (Å²) in [6.45, 7) is 0. The van der Waals surface area contributed by atoms with Gasteiger partial charge >= 0.3 is 0 Å². The van der Waals surface area contributed by atoms with E-state index in [1.807, 2.05) is 85.2 Å². The van der Waals surface area contributed by atoms with E-state index in [9.17, 15) is 10.5 Å². The second-order valence-corrected chi connectivity index (χ2v) is 21.5. The number of aromatic nitrogens is 5. The van der Waals surface area contributed by atoms with Crippen molar-refractivity contribution in [1.29, 1.82) is 10.5 Å². The summed E-state index contributed by atoms with van der Waals surface area (Å²) >= 11 is 0. The lowest BCUT2D eigenvalue weighted by molar-refractivity contribution is 0.434. The van der Waals surface area contributed by atoms with Gasteiger partial charge in [-0.1, -0.05) is 121 Å². The first-order valence-electron chi connectivity index (χ1n) is 27.6. The first-order valence-corrected chi connectivity index (χ1v) is 27.6. The number of fused-ring (bicyclic) bond motifs is 20. The van der Waals surface area contributed by atoms with E-state index in [0.717, 1.165) is 145 Å². The van der Waals surface area contributed by atoms with E-state index in [1.54, 1.807) is 0 Å². The van der Waals surface area contributed by atoms with Crippen LogP contribution in [0.25, 0.3) is 93.9 Å². The molecule has 0 saturated heterocycles. The molecule has 1 aliphatic carbocycles. The Hall–Kier alpha value is -11.7. The van der Waals surface area contributed by atoms with Gasteiger partial charge in [-0.05, 0) is 109 Å². The molecular weight excluding hydrogens is 1020 g/mol. The monoisotopic (exact) mass is 1060 g/mol.